The number of nitrogens with one attached hydrogen (secondary N) is 1. The average molecular weight is 346 g/mol. The first-order valence-corrected chi connectivity index (χ1v) is 8.42. The molecule has 0 amide bonds. The van der Waals surface area contributed by atoms with Gasteiger partial charge in [-0.25, -0.2) is 4.39 Å². The zero-order chi connectivity index (χ0) is 17.8. The number of methoxy groups -OCH3 is 2. The summed E-state index contributed by atoms with van der Waals surface area (Å²) in [6, 6.07) is 6.58. The standard InChI is InChI=1S/C19H23FN2O3/c1-24-14-4-3-9-22(11-14)12-16-15(7-8-21-19(16)23)13-5-6-18(25-2)17(20)10-13/h5-8,10,14H,3-4,9,11-12H2,1-2H3,(H,21,23). The molecule has 1 N–H and O–H groups in total. The molecule has 0 bridgehead atoms. The fraction of sp³-hybridized carbons (Fsp3) is 0.421. The van der Waals surface area contributed by atoms with Gasteiger partial charge in [0.05, 0.1) is 13.2 Å². The number of likely N-dealkylation sites (tertiary alicyclic amines) is 1. The molecule has 0 spiro atoms. The Hall–Kier alpha value is -2.18. The van der Waals surface area contributed by atoms with E-state index in [4.69, 9.17) is 9.47 Å². The Bertz CT molecular complexity index is 790. The van der Waals surface area contributed by atoms with Crippen LogP contribution in [0.5, 0.6) is 5.75 Å². The van der Waals surface area contributed by atoms with Crippen LogP contribution in [-0.2, 0) is 11.3 Å². The first-order chi connectivity index (χ1) is 12.1. The molecule has 0 radical (unpaired) electrons. The third-order valence-corrected chi connectivity index (χ3v) is 4.70. The summed E-state index contributed by atoms with van der Waals surface area (Å²) in [7, 11) is 3.15. The highest BCUT2D eigenvalue weighted by atomic mass is 19.1. The van der Waals surface area contributed by atoms with Gasteiger partial charge in [0.15, 0.2) is 11.6 Å². The molecule has 0 aliphatic carbocycles. The number of aromatic nitrogens is 1. The fourth-order valence-electron chi connectivity index (χ4n) is 3.34. The molecule has 6 heteroatoms. The van der Waals surface area contributed by atoms with Gasteiger partial charge in [-0.15, -0.1) is 0 Å². The van der Waals surface area contributed by atoms with Crippen LogP contribution in [0.2, 0.25) is 0 Å². The summed E-state index contributed by atoms with van der Waals surface area (Å²) >= 11 is 0. The Labute approximate surface area is 146 Å². The van der Waals surface area contributed by atoms with E-state index in [0.717, 1.165) is 31.5 Å². The number of piperidine rings is 1. The van der Waals surface area contributed by atoms with Crippen molar-refractivity contribution in [3.05, 3.63) is 52.2 Å². The van der Waals surface area contributed by atoms with Gasteiger partial charge in [0.2, 0.25) is 0 Å². The molecule has 1 aliphatic heterocycles. The topological polar surface area (TPSA) is 54.6 Å². The number of benzene rings is 1. The molecule has 3 rings (SSSR count). The maximum Gasteiger partial charge on any atom is 0.253 e. The summed E-state index contributed by atoms with van der Waals surface area (Å²) in [5.41, 5.74) is 1.90. The lowest BCUT2D eigenvalue weighted by Crippen LogP contribution is -2.39. The molecule has 1 aromatic heterocycles. The molecule has 134 valence electrons. The van der Waals surface area contributed by atoms with Crippen LogP contribution in [0.15, 0.2) is 35.3 Å². The summed E-state index contributed by atoms with van der Waals surface area (Å²) in [5, 5.41) is 0. The summed E-state index contributed by atoms with van der Waals surface area (Å²) in [6.45, 7) is 2.23. The Morgan fingerprint density at radius 1 is 1.32 bits per heavy atom. The number of ether oxygens (including phenoxy) is 2. The van der Waals surface area contributed by atoms with Crippen LogP contribution in [0.4, 0.5) is 4.39 Å². The quantitative estimate of drug-likeness (QED) is 0.905. The Morgan fingerprint density at radius 3 is 2.88 bits per heavy atom. The third kappa shape index (κ3) is 3.91. The van der Waals surface area contributed by atoms with Gasteiger partial charge < -0.3 is 14.5 Å². The summed E-state index contributed by atoms with van der Waals surface area (Å²) in [5.74, 6) is -0.252. The summed E-state index contributed by atoms with van der Waals surface area (Å²) in [6.07, 6.45) is 3.86. The Morgan fingerprint density at radius 2 is 2.16 bits per heavy atom. The molecule has 1 saturated heterocycles. The molecular formula is C19H23FN2O3. The minimum atomic E-state index is -0.441. The molecule has 1 aliphatic rings. The number of aromatic amines is 1. The van der Waals surface area contributed by atoms with Crippen molar-refractivity contribution in [3.8, 4) is 16.9 Å². The maximum atomic E-state index is 14.1. The lowest BCUT2D eigenvalue weighted by molar-refractivity contribution is 0.0285. The Kier molecular flexibility index (Phi) is 5.50. The van der Waals surface area contributed by atoms with Crippen LogP contribution in [-0.4, -0.2) is 43.3 Å². The van der Waals surface area contributed by atoms with Gasteiger partial charge in [-0.2, -0.15) is 0 Å². The molecule has 5 nitrogen and oxygen atoms in total. The molecule has 2 aromatic rings. The molecule has 25 heavy (non-hydrogen) atoms. The predicted octanol–water partition coefficient (Wildman–Crippen LogP) is 2.80. The van der Waals surface area contributed by atoms with Crippen LogP contribution in [0, 0.1) is 5.82 Å². The van der Waals surface area contributed by atoms with E-state index in [0.29, 0.717) is 17.7 Å². The lowest BCUT2D eigenvalue weighted by atomic mass is 9.99. The number of H-pyrrole nitrogens is 1. The van der Waals surface area contributed by atoms with E-state index in [1.807, 2.05) is 6.07 Å². The van der Waals surface area contributed by atoms with E-state index in [9.17, 15) is 9.18 Å². The minimum absolute atomic E-state index is 0.145. The van der Waals surface area contributed by atoms with Crippen LogP contribution in [0.1, 0.15) is 18.4 Å². The second-order valence-electron chi connectivity index (χ2n) is 6.28. The molecule has 2 heterocycles. The van der Waals surface area contributed by atoms with Crippen molar-refractivity contribution in [3.63, 3.8) is 0 Å². The molecular weight excluding hydrogens is 323 g/mol. The van der Waals surface area contributed by atoms with E-state index in [1.54, 1.807) is 25.4 Å². The van der Waals surface area contributed by atoms with Gasteiger partial charge in [-0.1, -0.05) is 6.07 Å². The predicted molar refractivity (Wildman–Crippen MR) is 94.3 cm³/mol. The summed E-state index contributed by atoms with van der Waals surface area (Å²) < 4.78 is 24.5. The Balaban J connectivity index is 1.92. The lowest BCUT2D eigenvalue weighted by Gasteiger charge is -2.32. The normalized spacial score (nSPS) is 18.3. The number of hydrogen-bond acceptors (Lipinski definition) is 4. The molecule has 1 atom stereocenters. The van der Waals surface area contributed by atoms with E-state index in [-0.39, 0.29) is 17.4 Å². The first kappa shape index (κ1) is 17.6. The molecule has 1 aromatic carbocycles. The number of hydrogen-bond donors (Lipinski definition) is 1. The number of nitrogens with zero attached hydrogens (tertiary/aromatic N) is 1. The van der Waals surface area contributed by atoms with Gasteiger partial charge in [-0.05, 0) is 48.7 Å². The van der Waals surface area contributed by atoms with Crippen LogP contribution >= 0.6 is 0 Å². The van der Waals surface area contributed by atoms with E-state index in [1.165, 1.54) is 13.2 Å². The zero-order valence-corrected chi connectivity index (χ0v) is 14.5. The minimum Gasteiger partial charge on any atom is -0.494 e. The van der Waals surface area contributed by atoms with Gasteiger partial charge in [0.25, 0.3) is 5.56 Å². The highest BCUT2D eigenvalue weighted by Gasteiger charge is 2.22. The maximum absolute atomic E-state index is 14.1. The monoisotopic (exact) mass is 346 g/mol. The van der Waals surface area contributed by atoms with Gasteiger partial charge in [0, 0.05) is 32.0 Å². The molecule has 1 unspecified atom stereocenters. The second-order valence-corrected chi connectivity index (χ2v) is 6.28. The van der Waals surface area contributed by atoms with Crippen LogP contribution < -0.4 is 10.3 Å². The molecule has 0 saturated carbocycles. The van der Waals surface area contributed by atoms with Gasteiger partial charge >= 0.3 is 0 Å². The summed E-state index contributed by atoms with van der Waals surface area (Å²) in [4.78, 5) is 17.4. The van der Waals surface area contributed by atoms with Crippen molar-refractivity contribution in [2.45, 2.75) is 25.5 Å². The molecule has 1 fully saturated rings. The van der Waals surface area contributed by atoms with E-state index < -0.39 is 5.82 Å². The van der Waals surface area contributed by atoms with E-state index in [2.05, 4.69) is 9.88 Å². The highest BCUT2D eigenvalue weighted by molar-refractivity contribution is 5.67. The van der Waals surface area contributed by atoms with Crippen LogP contribution in [0.25, 0.3) is 11.1 Å². The van der Waals surface area contributed by atoms with Crippen molar-refractivity contribution in [2.75, 3.05) is 27.3 Å². The van der Waals surface area contributed by atoms with Crippen molar-refractivity contribution in [1.29, 1.82) is 0 Å². The van der Waals surface area contributed by atoms with Gasteiger partial charge in [-0.3, -0.25) is 9.69 Å². The number of halogens is 1. The van der Waals surface area contributed by atoms with Crippen molar-refractivity contribution in [1.82, 2.24) is 9.88 Å². The van der Waals surface area contributed by atoms with Crippen molar-refractivity contribution >= 4 is 0 Å². The first-order valence-electron chi connectivity index (χ1n) is 8.42. The van der Waals surface area contributed by atoms with Crippen molar-refractivity contribution < 1.29 is 13.9 Å². The number of rotatable bonds is 5. The van der Waals surface area contributed by atoms with E-state index >= 15 is 0 Å². The van der Waals surface area contributed by atoms with Crippen LogP contribution in [0.3, 0.4) is 0 Å². The highest BCUT2D eigenvalue weighted by Crippen LogP contribution is 2.27. The average Bonchev–Trinajstić information content (AvgIpc) is 2.63. The van der Waals surface area contributed by atoms with Gasteiger partial charge in [0.1, 0.15) is 0 Å². The van der Waals surface area contributed by atoms with Crippen molar-refractivity contribution in [2.24, 2.45) is 0 Å². The second kappa shape index (κ2) is 7.80. The smallest absolute Gasteiger partial charge is 0.253 e. The fourth-order valence-corrected chi connectivity index (χ4v) is 3.34. The zero-order valence-electron chi connectivity index (χ0n) is 14.5. The SMILES string of the molecule is COc1ccc(-c2cc[nH]c(=O)c2CN2CCCC(OC)C2)cc1F. The largest absolute Gasteiger partial charge is 0.494 e. The third-order valence-electron chi connectivity index (χ3n) is 4.70. The number of pyridine rings is 1.